The van der Waals surface area contributed by atoms with Crippen molar-refractivity contribution < 1.29 is 27.5 Å². The second kappa shape index (κ2) is 5.45. The molecule has 0 heterocycles. The molecule has 0 unspecified atom stereocenters. The van der Waals surface area contributed by atoms with Crippen molar-refractivity contribution in [3.05, 3.63) is 28.8 Å². The van der Waals surface area contributed by atoms with E-state index in [0.29, 0.717) is 0 Å². The molecule has 0 radical (unpaired) electrons. The summed E-state index contributed by atoms with van der Waals surface area (Å²) in [5.41, 5.74) is -0.993. The van der Waals surface area contributed by atoms with Gasteiger partial charge in [-0.1, -0.05) is 0 Å². The van der Waals surface area contributed by atoms with Crippen molar-refractivity contribution in [2.75, 3.05) is 14.1 Å². The van der Waals surface area contributed by atoms with Gasteiger partial charge in [0.2, 0.25) is 10.0 Å². The van der Waals surface area contributed by atoms with Crippen LogP contribution in [-0.4, -0.2) is 44.2 Å². The Labute approximate surface area is 109 Å². The number of carbonyl (C=O) groups excluding carboxylic acids is 1. The number of carboxylic acid groups (broad SMARTS) is 1. The maximum absolute atomic E-state index is 12.7. The number of carboxylic acids is 1. The van der Waals surface area contributed by atoms with Gasteiger partial charge >= 0.3 is 5.97 Å². The number of alkyl halides is 1. The lowest BCUT2D eigenvalue weighted by molar-refractivity contribution is 0.0694. The summed E-state index contributed by atoms with van der Waals surface area (Å²) in [5, 5.41) is 8.93. The summed E-state index contributed by atoms with van der Waals surface area (Å²) in [6.45, 7) is -1.11. The average molecular weight is 289 g/mol. The Morgan fingerprint density at radius 1 is 1.42 bits per heavy atom. The van der Waals surface area contributed by atoms with E-state index in [9.17, 15) is 22.4 Å². The fourth-order valence-electron chi connectivity index (χ4n) is 1.47. The number of hydrogen-bond acceptors (Lipinski definition) is 4. The molecule has 19 heavy (non-hydrogen) atoms. The van der Waals surface area contributed by atoms with Gasteiger partial charge in [0.05, 0.1) is 10.5 Å². The Hall–Kier alpha value is -1.80. The molecule has 1 N–H and O–H groups in total. The van der Waals surface area contributed by atoms with E-state index in [1.807, 2.05) is 0 Å². The monoisotopic (exact) mass is 289 g/mol. The van der Waals surface area contributed by atoms with E-state index in [-0.39, 0.29) is 17.4 Å². The lowest BCUT2D eigenvalue weighted by Crippen LogP contribution is -2.24. The first-order valence-electron chi connectivity index (χ1n) is 5.09. The van der Waals surface area contributed by atoms with Gasteiger partial charge in [0.1, 0.15) is 6.67 Å². The number of aldehydes is 1. The van der Waals surface area contributed by atoms with Crippen molar-refractivity contribution in [2.45, 2.75) is 11.6 Å². The van der Waals surface area contributed by atoms with Crippen LogP contribution >= 0.6 is 0 Å². The predicted molar refractivity (Wildman–Crippen MR) is 64.5 cm³/mol. The molecular weight excluding hydrogens is 277 g/mol. The third-order valence-corrected chi connectivity index (χ3v) is 4.37. The van der Waals surface area contributed by atoms with Gasteiger partial charge in [-0.15, -0.1) is 0 Å². The highest BCUT2D eigenvalue weighted by molar-refractivity contribution is 7.89. The third kappa shape index (κ3) is 2.79. The minimum atomic E-state index is -3.98. The number of halogens is 1. The summed E-state index contributed by atoms with van der Waals surface area (Å²) in [6.07, 6.45) is 0.251. The van der Waals surface area contributed by atoms with Gasteiger partial charge < -0.3 is 5.11 Å². The van der Waals surface area contributed by atoms with Gasteiger partial charge in [0.15, 0.2) is 6.29 Å². The number of aromatic carboxylic acids is 1. The van der Waals surface area contributed by atoms with Gasteiger partial charge in [-0.05, 0) is 17.7 Å². The van der Waals surface area contributed by atoms with Crippen LogP contribution in [0.2, 0.25) is 0 Å². The quantitative estimate of drug-likeness (QED) is 0.814. The Kier molecular flexibility index (Phi) is 4.38. The lowest BCUT2D eigenvalue weighted by Gasteiger charge is -2.14. The van der Waals surface area contributed by atoms with Crippen molar-refractivity contribution in [2.24, 2.45) is 0 Å². The second-order valence-corrected chi connectivity index (χ2v) is 6.01. The molecule has 6 nitrogen and oxygen atoms in total. The zero-order valence-electron chi connectivity index (χ0n) is 10.3. The summed E-state index contributed by atoms with van der Waals surface area (Å²) in [5.74, 6) is -1.46. The van der Waals surface area contributed by atoms with Crippen LogP contribution in [0.4, 0.5) is 4.39 Å². The van der Waals surface area contributed by atoms with Crippen molar-refractivity contribution in [1.82, 2.24) is 4.31 Å². The van der Waals surface area contributed by atoms with Crippen LogP contribution in [-0.2, 0) is 16.7 Å². The van der Waals surface area contributed by atoms with Crippen LogP contribution in [0, 0.1) is 0 Å². The summed E-state index contributed by atoms with van der Waals surface area (Å²) in [4.78, 5) is 21.4. The molecule has 8 heteroatoms. The first-order valence-corrected chi connectivity index (χ1v) is 6.53. The maximum Gasteiger partial charge on any atom is 0.336 e. The van der Waals surface area contributed by atoms with Crippen LogP contribution in [0.3, 0.4) is 0 Å². The second-order valence-electron chi connectivity index (χ2n) is 3.89. The SMILES string of the molecule is CN(C)S(=O)(=O)c1cc(C(=O)O)c(CF)cc1C=O. The van der Waals surface area contributed by atoms with E-state index in [4.69, 9.17) is 5.11 Å². The van der Waals surface area contributed by atoms with Crippen LogP contribution < -0.4 is 0 Å². The standard InChI is InChI=1S/C11H12FNO5S/c1-13(2)19(17,18)10-4-9(11(15)16)7(5-12)3-8(10)6-14/h3-4,6H,5H2,1-2H3,(H,15,16). The predicted octanol–water partition coefficient (Wildman–Crippen LogP) is 0.917. The first-order chi connectivity index (χ1) is 8.75. The Balaban J connectivity index is 3.70. The molecular formula is C11H12FNO5S. The zero-order chi connectivity index (χ0) is 14.8. The van der Waals surface area contributed by atoms with Crippen LogP contribution in [0.1, 0.15) is 26.3 Å². The lowest BCUT2D eigenvalue weighted by atomic mass is 10.1. The van der Waals surface area contributed by atoms with Gasteiger partial charge in [-0.2, -0.15) is 0 Å². The number of carbonyl (C=O) groups is 2. The largest absolute Gasteiger partial charge is 0.478 e. The highest BCUT2D eigenvalue weighted by Crippen LogP contribution is 2.23. The summed E-state index contributed by atoms with van der Waals surface area (Å²) >= 11 is 0. The molecule has 104 valence electrons. The molecule has 0 spiro atoms. The average Bonchev–Trinajstić information content (AvgIpc) is 2.36. The Bertz CT molecular complexity index is 624. The molecule has 0 bridgehead atoms. The van der Waals surface area contributed by atoms with Crippen molar-refractivity contribution in [3.8, 4) is 0 Å². The number of benzene rings is 1. The maximum atomic E-state index is 12.7. The van der Waals surface area contributed by atoms with Gasteiger partial charge in [0.25, 0.3) is 0 Å². The van der Waals surface area contributed by atoms with E-state index < -0.39 is 33.1 Å². The molecule has 0 atom stereocenters. The summed E-state index contributed by atoms with van der Waals surface area (Å²) in [6, 6.07) is 1.74. The van der Waals surface area contributed by atoms with Gasteiger partial charge in [0, 0.05) is 19.7 Å². The minimum Gasteiger partial charge on any atom is -0.478 e. The van der Waals surface area contributed by atoms with E-state index in [1.165, 1.54) is 14.1 Å². The number of hydrogen-bond donors (Lipinski definition) is 1. The Morgan fingerprint density at radius 3 is 2.37 bits per heavy atom. The fourth-order valence-corrected chi connectivity index (χ4v) is 2.53. The van der Waals surface area contributed by atoms with Crippen LogP contribution in [0.25, 0.3) is 0 Å². The molecule has 1 rings (SSSR count). The fraction of sp³-hybridized carbons (Fsp3) is 0.273. The molecule has 0 saturated heterocycles. The van der Waals surface area contributed by atoms with E-state index >= 15 is 0 Å². The molecule has 1 aromatic rings. The molecule has 0 fully saturated rings. The first kappa shape index (κ1) is 15.3. The topological polar surface area (TPSA) is 91.8 Å². The summed E-state index contributed by atoms with van der Waals surface area (Å²) < 4.78 is 37.5. The normalized spacial score (nSPS) is 11.6. The van der Waals surface area contributed by atoms with E-state index in [1.54, 1.807) is 0 Å². The van der Waals surface area contributed by atoms with E-state index in [2.05, 4.69) is 0 Å². The number of sulfonamides is 1. The Morgan fingerprint density at radius 2 is 2.00 bits per heavy atom. The van der Waals surface area contributed by atoms with Gasteiger partial charge in [-0.25, -0.2) is 21.9 Å². The molecule has 0 aliphatic rings. The van der Waals surface area contributed by atoms with Crippen molar-refractivity contribution in [1.29, 1.82) is 0 Å². The number of rotatable bonds is 5. The molecule has 1 aromatic carbocycles. The molecule has 0 saturated carbocycles. The highest BCUT2D eigenvalue weighted by atomic mass is 32.2. The third-order valence-electron chi connectivity index (χ3n) is 2.50. The number of nitrogens with zero attached hydrogens (tertiary/aromatic N) is 1. The van der Waals surface area contributed by atoms with Crippen LogP contribution in [0.5, 0.6) is 0 Å². The molecule has 0 aliphatic heterocycles. The smallest absolute Gasteiger partial charge is 0.336 e. The molecule has 0 aliphatic carbocycles. The molecule has 0 amide bonds. The van der Waals surface area contributed by atoms with Crippen LogP contribution in [0.15, 0.2) is 17.0 Å². The zero-order valence-corrected chi connectivity index (χ0v) is 11.1. The minimum absolute atomic E-state index is 0.243. The summed E-state index contributed by atoms with van der Waals surface area (Å²) in [7, 11) is -1.50. The van der Waals surface area contributed by atoms with Gasteiger partial charge in [-0.3, -0.25) is 4.79 Å². The van der Waals surface area contributed by atoms with E-state index in [0.717, 1.165) is 16.4 Å². The van der Waals surface area contributed by atoms with Crippen molar-refractivity contribution >= 4 is 22.3 Å². The molecule has 0 aromatic heterocycles. The highest BCUT2D eigenvalue weighted by Gasteiger charge is 2.25. The van der Waals surface area contributed by atoms with Crippen molar-refractivity contribution in [3.63, 3.8) is 0 Å².